The number of pyridine rings is 1. The minimum Gasteiger partial charge on any atom is -0.503 e. The van der Waals surface area contributed by atoms with Gasteiger partial charge in [0.25, 0.3) is 5.91 Å². The van der Waals surface area contributed by atoms with Crippen LogP contribution in [0.15, 0.2) is 53.2 Å². The highest BCUT2D eigenvalue weighted by Gasteiger charge is 2.44. The smallest absolute Gasteiger partial charge is 0.290 e. The second kappa shape index (κ2) is 7.62. The Morgan fingerprint density at radius 1 is 1.19 bits per heavy atom. The van der Waals surface area contributed by atoms with Gasteiger partial charge in [0.05, 0.1) is 16.1 Å². The van der Waals surface area contributed by atoms with Crippen molar-refractivity contribution in [2.45, 2.75) is 18.9 Å². The van der Waals surface area contributed by atoms with Crippen LogP contribution in [0.2, 0.25) is 0 Å². The van der Waals surface area contributed by atoms with Crippen LogP contribution in [0.25, 0.3) is 0 Å². The van der Waals surface area contributed by atoms with E-state index >= 15 is 0 Å². The molecule has 0 aromatic carbocycles. The SMILES string of the molecule is O=C(C1=C(O)C(=O)N(CCN2CCCC2)C1c1ccccn1)c1cccs1. The number of carbonyl (C=O) groups excluding carboxylic acids is 2. The molecule has 4 rings (SSSR count). The van der Waals surface area contributed by atoms with E-state index in [9.17, 15) is 14.7 Å². The van der Waals surface area contributed by atoms with Crippen molar-refractivity contribution in [3.05, 3.63) is 63.8 Å². The van der Waals surface area contributed by atoms with Gasteiger partial charge in [-0.05, 0) is 49.5 Å². The molecule has 6 nitrogen and oxygen atoms in total. The first kappa shape index (κ1) is 17.9. The zero-order chi connectivity index (χ0) is 18.8. The fraction of sp³-hybridized carbons (Fsp3) is 0.350. The van der Waals surface area contributed by atoms with E-state index in [4.69, 9.17) is 0 Å². The summed E-state index contributed by atoms with van der Waals surface area (Å²) in [7, 11) is 0. The van der Waals surface area contributed by atoms with Gasteiger partial charge >= 0.3 is 0 Å². The third-order valence-electron chi connectivity index (χ3n) is 5.12. The molecular weight excluding hydrogens is 362 g/mol. The first-order chi connectivity index (χ1) is 13.2. The molecule has 0 radical (unpaired) electrons. The lowest BCUT2D eigenvalue weighted by Gasteiger charge is -2.27. The Kier molecular flexibility index (Phi) is 5.05. The van der Waals surface area contributed by atoms with Gasteiger partial charge in [0.1, 0.15) is 6.04 Å². The molecule has 7 heteroatoms. The normalized spacial score (nSPS) is 20.7. The van der Waals surface area contributed by atoms with Crippen molar-refractivity contribution < 1.29 is 14.7 Å². The zero-order valence-corrected chi connectivity index (χ0v) is 15.7. The van der Waals surface area contributed by atoms with Crippen LogP contribution in [-0.2, 0) is 4.79 Å². The lowest BCUT2D eigenvalue weighted by atomic mass is 9.99. The number of aliphatic hydroxyl groups is 1. The molecular formula is C20H21N3O3S. The van der Waals surface area contributed by atoms with Gasteiger partial charge in [0.2, 0.25) is 5.78 Å². The lowest BCUT2D eigenvalue weighted by Crippen LogP contribution is -2.38. The summed E-state index contributed by atoms with van der Waals surface area (Å²) in [5.41, 5.74) is 0.721. The highest BCUT2D eigenvalue weighted by molar-refractivity contribution is 7.12. The van der Waals surface area contributed by atoms with E-state index in [1.807, 2.05) is 11.4 Å². The molecule has 1 saturated heterocycles. The summed E-state index contributed by atoms with van der Waals surface area (Å²) in [4.78, 5) is 34.6. The predicted octanol–water partition coefficient (Wildman–Crippen LogP) is 2.82. The number of ketones is 1. The number of carbonyl (C=O) groups is 2. The number of aliphatic hydroxyl groups excluding tert-OH is 1. The van der Waals surface area contributed by atoms with Gasteiger partial charge in [0.15, 0.2) is 5.76 Å². The third kappa shape index (κ3) is 3.40. The Bertz CT molecular complexity index is 858. The summed E-state index contributed by atoms with van der Waals surface area (Å²) in [6, 6.07) is 8.25. The number of hydrogen-bond donors (Lipinski definition) is 1. The molecule has 0 spiro atoms. The first-order valence-corrected chi connectivity index (χ1v) is 10.0. The summed E-state index contributed by atoms with van der Waals surface area (Å²) in [6.45, 7) is 3.22. The minimum atomic E-state index is -0.657. The molecule has 2 aliphatic rings. The summed E-state index contributed by atoms with van der Waals surface area (Å²) in [5.74, 6) is -1.26. The van der Waals surface area contributed by atoms with Gasteiger partial charge in [-0.25, -0.2) is 0 Å². The Balaban J connectivity index is 1.67. The highest BCUT2D eigenvalue weighted by atomic mass is 32.1. The molecule has 2 aromatic heterocycles. The number of aromatic nitrogens is 1. The summed E-state index contributed by atoms with van der Waals surface area (Å²) in [6.07, 6.45) is 3.98. The minimum absolute atomic E-state index is 0.127. The molecule has 0 saturated carbocycles. The maximum Gasteiger partial charge on any atom is 0.290 e. The van der Waals surface area contributed by atoms with Crippen LogP contribution in [0.3, 0.4) is 0 Å². The summed E-state index contributed by atoms with van der Waals surface area (Å²) >= 11 is 1.30. The van der Waals surface area contributed by atoms with Crippen LogP contribution in [0, 0.1) is 0 Å². The number of Topliss-reactive ketones (excluding diaryl/α,β-unsaturated/α-hetero) is 1. The molecule has 27 heavy (non-hydrogen) atoms. The van der Waals surface area contributed by atoms with E-state index in [0.717, 1.165) is 19.6 Å². The Morgan fingerprint density at radius 3 is 2.67 bits per heavy atom. The summed E-state index contributed by atoms with van der Waals surface area (Å²) < 4.78 is 0. The Morgan fingerprint density at radius 2 is 2.00 bits per heavy atom. The topological polar surface area (TPSA) is 73.7 Å². The van der Waals surface area contributed by atoms with Gasteiger partial charge in [-0.1, -0.05) is 12.1 Å². The number of amides is 1. The highest BCUT2D eigenvalue weighted by Crippen LogP contribution is 2.38. The van der Waals surface area contributed by atoms with E-state index < -0.39 is 17.7 Å². The average Bonchev–Trinajstić information content (AvgIpc) is 3.43. The average molecular weight is 383 g/mol. The van der Waals surface area contributed by atoms with E-state index in [2.05, 4.69) is 9.88 Å². The standard InChI is InChI=1S/C20H21N3O3S/c24-18(15-7-5-13-27-15)16-17(14-6-1-2-8-21-14)23(20(26)19(16)25)12-11-22-9-3-4-10-22/h1-2,5-8,13,17,25H,3-4,9-12H2. The first-order valence-electron chi connectivity index (χ1n) is 9.12. The second-order valence-electron chi connectivity index (χ2n) is 6.77. The maximum absolute atomic E-state index is 13.0. The van der Waals surface area contributed by atoms with Crippen LogP contribution in [0.5, 0.6) is 0 Å². The predicted molar refractivity (Wildman–Crippen MR) is 103 cm³/mol. The van der Waals surface area contributed by atoms with Crippen molar-refractivity contribution in [3.8, 4) is 0 Å². The Labute approximate surface area is 161 Å². The number of hydrogen-bond acceptors (Lipinski definition) is 6. The third-order valence-corrected chi connectivity index (χ3v) is 5.99. The number of nitrogens with zero attached hydrogens (tertiary/aromatic N) is 3. The fourth-order valence-electron chi connectivity index (χ4n) is 3.76. The van der Waals surface area contributed by atoms with Crippen LogP contribution in [0.4, 0.5) is 0 Å². The monoisotopic (exact) mass is 383 g/mol. The van der Waals surface area contributed by atoms with Gasteiger partial charge < -0.3 is 14.9 Å². The van der Waals surface area contributed by atoms with Crippen molar-refractivity contribution in [2.75, 3.05) is 26.2 Å². The molecule has 0 bridgehead atoms. The van der Waals surface area contributed by atoms with E-state index in [1.165, 1.54) is 24.2 Å². The fourth-order valence-corrected chi connectivity index (χ4v) is 4.44. The number of thiophene rings is 1. The Hall–Kier alpha value is -2.51. The molecule has 1 N–H and O–H groups in total. The largest absolute Gasteiger partial charge is 0.503 e. The van der Waals surface area contributed by atoms with E-state index in [0.29, 0.717) is 17.1 Å². The molecule has 0 aliphatic carbocycles. The lowest BCUT2D eigenvalue weighted by molar-refractivity contribution is -0.129. The second-order valence-corrected chi connectivity index (χ2v) is 7.72. The zero-order valence-electron chi connectivity index (χ0n) is 14.9. The van der Waals surface area contributed by atoms with Gasteiger partial charge in [0, 0.05) is 19.3 Å². The number of likely N-dealkylation sites (tertiary alicyclic amines) is 1. The van der Waals surface area contributed by atoms with Gasteiger partial charge in [-0.2, -0.15) is 0 Å². The van der Waals surface area contributed by atoms with E-state index in [1.54, 1.807) is 35.4 Å². The van der Waals surface area contributed by atoms with E-state index in [-0.39, 0.29) is 11.4 Å². The van der Waals surface area contributed by atoms with Crippen molar-refractivity contribution in [1.29, 1.82) is 0 Å². The van der Waals surface area contributed by atoms with Gasteiger partial charge in [-0.3, -0.25) is 14.6 Å². The quantitative estimate of drug-likeness (QED) is 0.777. The van der Waals surface area contributed by atoms with Crippen LogP contribution in [-0.4, -0.2) is 57.8 Å². The van der Waals surface area contributed by atoms with Gasteiger partial charge in [-0.15, -0.1) is 11.3 Å². The summed E-state index contributed by atoms with van der Waals surface area (Å²) in [5, 5.41) is 12.4. The molecule has 1 atom stereocenters. The molecule has 2 aromatic rings. The van der Waals surface area contributed by atoms with Crippen molar-refractivity contribution in [3.63, 3.8) is 0 Å². The van der Waals surface area contributed by atoms with Crippen molar-refractivity contribution in [1.82, 2.24) is 14.8 Å². The molecule has 4 heterocycles. The maximum atomic E-state index is 13.0. The van der Waals surface area contributed by atoms with Crippen LogP contribution >= 0.6 is 11.3 Å². The molecule has 140 valence electrons. The molecule has 1 unspecified atom stereocenters. The van der Waals surface area contributed by atoms with Crippen molar-refractivity contribution >= 4 is 23.0 Å². The number of rotatable bonds is 6. The molecule has 2 aliphatic heterocycles. The van der Waals surface area contributed by atoms with Crippen LogP contribution in [0.1, 0.15) is 34.2 Å². The van der Waals surface area contributed by atoms with Crippen LogP contribution < -0.4 is 0 Å². The molecule has 1 fully saturated rings. The van der Waals surface area contributed by atoms with Crippen molar-refractivity contribution in [2.24, 2.45) is 0 Å². The molecule has 1 amide bonds.